The Labute approximate surface area is 85.4 Å². The van der Waals surface area contributed by atoms with Crippen LogP contribution in [0.3, 0.4) is 0 Å². The van der Waals surface area contributed by atoms with E-state index in [2.05, 4.69) is 4.74 Å². The maximum atomic E-state index is 10.7. The summed E-state index contributed by atoms with van der Waals surface area (Å²) >= 11 is 0. The molecule has 0 aliphatic heterocycles. The van der Waals surface area contributed by atoms with Gasteiger partial charge in [-0.15, -0.1) is 0 Å². The summed E-state index contributed by atoms with van der Waals surface area (Å²) in [6, 6.07) is 0. The van der Waals surface area contributed by atoms with Gasteiger partial charge in [0.2, 0.25) is 0 Å². The number of unbranched alkanes of at least 4 members (excludes halogenated alkanes) is 1. The van der Waals surface area contributed by atoms with E-state index in [4.69, 9.17) is 4.74 Å². The minimum atomic E-state index is -0.306. The highest BCUT2D eigenvalue weighted by molar-refractivity contribution is 5.81. The molecule has 0 rings (SSSR count). The Morgan fingerprint density at radius 3 is 2.50 bits per heavy atom. The molecule has 0 aromatic heterocycles. The highest BCUT2D eigenvalue weighted by Crippen LogP contribution is 1.96. The number of esters is 1. The first-order valence-corrected chi connectivity index (χ1v) is 4.64. The molecule has 3 heteroatoms. The molecule has 0 fully saturated rings. The lowest BCUT2D eigenvalue weighted by Crippen LogP contribution is -1.98. The first-order valence-electron chi connectivity index (χ1n) is 4.64. The molecule has 0 heterocycles. The normalized spacial score (nSPS) is 13.6. The van der Waals surface area contributed by atoms with Crippen molar-refractivity contribution in [1.82, 2.24) is 0 Å². The van der Waals surface area contributed by atoms with E-state index in [-0.39, 0.29) is 12.1 Å². The number of methoxy groups -OCH3 is 2. The van der Waals surface area contributed by atoms with Crippen LogP contribution in [0.5, 0.6) is 0 Å². The molecule has 0 N–H and O–H groups in total. The number of carbonyl (C=O) groups is 1. The molecule has 1 atom stereocenters. The Morgan fingerprint density at radius 1 is 1.29 bits per heavy atom. The van der Waals surface area contributed by atoms with Crippen LogP contribution in [0, 0.1) is 0 Å². The van der Waals surface area contributed by atoms with Gasteiger partial charge < -0.3 is 9.47 Å². The van der Waals surface area contributed by atoms with Crippen LogP contribution in [0.1, 0.15) is 19.8 Å². The second-order valence-electron chi connectivity index (χ2n) is 2.87. The first-order chi connectivity index (χ1) is 6.70. The lowest BCUT2D eigenvalue weighted by atomic mass is 10.2. The van der Waals surface area contributed by atoms with E-state index in [1.165, 1.54) is 13.2 Å². The van der Waals surface area contributed by atoms with Crippen LogP contribution in [0.2, 0.25) is 0 Å². The molecule has 0 radical (unpaired) electrons. The van der Waals surface area contributed by atoms with Crippen LogP contribution in [0.15, 0.2) is 24.3 Å². The third kappa shape index (κ3) is 7.55. The third-order valence-corrected chi connectivity index (χ3v) is 1.73. The van der Waals surface area contributed by atoms with Gasteiger partial charge in [0.15, 0.2) is 0 Å². The van der Waals surface area contributed by atoms with Crippen molar-refractivity contribution in [2.45, 2.75) is 25.9 Å². The summed E-state index contributed by atoms with van der Waals surface area (Å²) in [5.74, 6) is -0.306. The van der Waals surface area contributed by atoms with Crippen LogP contribution in [-0.2, 0) is 14.3 Å². The number of carbonyl (C=O) groups excluding carboxylic acids is 1. The summed E-state index contributed by atoms with van der Waals surface area (Å²) in [4.78, 5) is 10.7. The van der Waals surface area contributed by atoms with E-state index in [1.54, 1.807) is 13.2 Å². The lowest BCUT2D eigenvalue weighted by Gasteiger charge is -2.00. The highest BCUT2D eigenvalue weighted by Gasteiger charge is 1.90. The number of rotatable bonds is 6. The standard InChI is InChI=1S/C11H18O3/c1-10(13-2)8-6-4-5-7-9-11(12)14-3/h6-10H,4-5H2,1-3H3/b8-6+,9-7+. The summed E-state index contributed by atoms with van der Waals surface area (Å²) in [6.45, 7) is 1.97. The Bertz CT molecular complexity index is 207. The second-order valence-corrected chi connectivity index (χ2v) is 2.87. The van der Waals surface area contributed by atoms with E-state index in [0.717, 1.165) is 12.8 Å². The van der Waals surface area contributed by atoms with E-state index < -0.39 is 0 Å². The Hall–Kier alpha value is -1.09. The molecule has 14 heavy (non-hydrogen) atoms. The summed E-state index contributed by atoms with van der Waals surface area (Å²) in [5, 5.41) is 0. The fourth-order valence-electron chi connectivity index (χ4n) is 0.806. The van der Waals surface area contributed by atoms with Crippen LogP contribution >= 0.6 is 0 Å². The maximum Gasteiger partial charge on any atom is 0.330 e. The molecule has 0 amide bonds. The van der Waals surface area contributed by atoms with Gasteiger partial charge in [0.05, 0.1) is 13.2 Å². The number of ether oxygens (including phenoxy) is 2. The highest BCUT2D eigenvalue weighted by atomic mass is 16.5. The zero-order valence-electron chi connectivity index (χ0n) is 9.03. The smallest absolute Gasteiger partial charge is 0.330 e. The number of allylic oxidation sites excluding steroid dienone is 2. The van der Waals surface area contributed by atoms with Crippen molar-refractivity contribution < 1.29 is 14.3 Å². The molecule has 0 aliphatic rings. The quantitative estimate of drug-likeness (QED) is 0.284. The van der Waals surface area contributed by atoms with Gasteiger partial charge in [0.1, 0.15) is 0 Å². The molecular formula is C11H18O3. The fourth-order valence-corrected chi connectivity index (χ4v) is 0.806. The van der Waals surface area contributed by atoms with E-state index in [9.17, 15) is 4.79 Å². The van der Waals surface area contributed by atoms with Crippen molar-refractivity contribution in [2.24, 2.45) is 0 Å². The number of hydrogen-bond donors (Lipinski definition) is 0. The SMILES string of the molecule is COC(=O)/C=C/CC/C=C/C(C)OC. The van der Waals surface area contributed by atoms with Crippen LogP contribution < -0.4 is 0 Å². The summed E-state index contributed by atoms with van der Waals surface area (Å²) < 4.78 is 9.48. The second kappa shape index (κ2) is 8.51. The van der Waals surface area contributed by atoms with Gasteiger partial charge in [-0.25, -0.2) is 4.79 Å². The predicted octanol–water partition coefficient (Wildman–Crippen LogP) is 2.09. The molecule has 0 saturated carbocycles. The third-order valence-electron chi connectivity index (χ3n) is 1.73. The van der Waals surface area contributed by atoms with Gasteiger partial charge in [-0.05, 0) is 19.8 Å². The summed E-state index contributed by atoms with van der Waals surface area (Å²) in [6.07, 6.45) is 9.16. The van der Waals surface area contributed by atoms with E-state index in [1.807, 2.05) is 19.1 Å². The van der Waals surface area contributed by atoms with Crippen LogP contribution in [0.4, 0.5) is 0 Å². The topological polar surface area (TPSA) is 35.5 Å². The molecule has 0 spiro atoms. The lowest BCUT2D eigenvalue weighted by molar-refractivity contribution is -0.134. The molecule has 0 aromatic rings. The Morgan fingerprint density at radius 2 is 1.93 bits per heavy atom. The van der Waals surface area contributed by atoms with Crippen molar-refractivity contribution in [3.63, 3.8) is 0 Å². The van der Waals surface area contributed by atoms with Crippen molar-refractivity contribution in [2.75, 3.05) is 14.2 Å². The molecule has 0 aliphatic carbocycles. The molecule has 1 unspecified atom stereocenters. The van der Waals surface area contributed by atoms with Crippen LogP contribution in [-0.4, -0.2) is 26.3 Å². The van der Waals surface area contributed by atoms with Crippen molar-refractivity contribution >= 4 is 5.97 Å². The van der Waals surface area contributed by atoms with Crippen LogP contribution in [0.25, 0.3) is 0 Å². The zero-order chi connectivity index (χ0) is 10.8. The van der Waals surface area contributed by atoms with Crippen molar-refractivity contribution in [3.05, 3.63) is 24.3 Å². The average Bonchev–Trinajstić information content (AvgIpc) is 2.22. The fraction of sp³-hybridized carbons (Fsp3) is 0.545. The van der Waals surface area contributed by atoms with Gasteiger partial charge in [-0.3, -0.25) is 0 Å². The molecular weight excluding hydrogens is 180 g/mol. The monoisotopic (exact) mass is 198 g/mol. The molecule has 0 aromatic carbocycles. The minimum Gasteiger partial charge on any atom is -0.466 e. The van der Waals surface area contributed by atoms with Gasteiger partial charge in [0.25, 0.3) is 0 Å². The van der Waals surface area contributed by atoms with Crippen molar-refractivity contribution in [1.29, 1.82) is 0 Å². The zero-order valence-corrected chi connectivity index (χ0v) is 9.03. The molecule has 0 saturated heterocycles. The largest absolute Gasteiger partial charge is 0.466 e. The van der Waals surface area contributed by atoms with Gasteiger partial charge in [-0.1, -0.05) is 18.2 Å². The summed E-state index contributed by atoms with van der Waals surface area (Å²) in [5.41, 5.74) is 0. The average molecular weight is 198 g/mol. The molecule has 3 nitrogen and oxygen atoms in total. The van der Waals surface area contributed by atoms with Crippen molar-refractivity contribution in [3.8, 4) is 0 Å². The Balaban J connectivity index is 3.50. The van der Waals surface area contributed by atoms with E-state index in [0.29, 0.717) is 0 Å². The summed E-state index contributed by atoms with van der Waals surface area (Å²) in [7, 11) is 3.04. The van der Waals surface area contributed by atoms with Gasteiger partial charge in [0, 0.05) is 13.2 Å². The maximum absolute atomic E-state index is 10.7. The van der Waals surface area contributed by atoms with E-state index >= 15 is 0 Å². The van der Waals surface area contributed by atoms with Gasteiger partial charge in [-0.2, -0.15) is 0 Å². The number of hydrogen-bond acceptors (Lipinski definition) is 3. The first kappa shape index (κ1) is 12.9. The predicted molar refractivity (Wildman–Crippen MR) is 56.0 cm³/mol. The molecule has 0 bridgehead atoms. The minimum absolute atomic E-state index is 0.152. The van der Waals surface area contributed by atoms with Gasteiger partial charge >= 0.3 is 5.97 Å². The molecule has 80 valence electrons. The Kier molecular flexibility index (Phi) is 7.84.